The maximum absolute atomic E-state index is 12.6. The van der Waals surface area contributed by atoms with Crippen molar-refractivity contribution in [1.29, 1.82) is 0 Å². The van der Waals surface area contributed by atoms with Gasteiger partial charge >= 0.3 is 0 Å². The van der Waals surface area contributed by atoms with Gasteiger partial charge in [0.15, 0.2) is 0 Å². The van der Waals surface area contributed by atoms with Crippen molar-refractivity contribution >= 4 is 11.8 Å². The third kappa shape index (κ3) is 3.61. The monoisotopic (exact) mass is 327 g/mol. The Bertz CT molecular complexity index is 728. The minimum absolute atomic E-state index is 0.00396. The maximum Gasteiger partial charge on any atom is 0.228 e. The summed E-state index contributed by atoms with van der Waals surface area (Å²) >= 11 is 0. The van der Waals surface area contributed by atoms with Crippen molar-refractivity contribution in [3.63, 3.8) is 0 Å². The van der Waals surface area contributed by atoms with Crippen LogP contribution in [-0.4, -0.2) is 50.0 Å². The molecule has 0 spiro atoms. The zero-order chi connectivity index (χ0) is 17.1. The highest BCUT2D eigenvalue weighted by molar-refractivity contribution is 5.89. The number of nitrogens with zero attached hydrogens (tertiary/aromatic N) is 5. The number of rotatable bonds is 5. The molecule has 2 amide bonds. The number of hydrogen-bond donors (Lipinski definition) is 0. The number of amides is 2. The van der Waals surface area contributed by atoms with Crippen LogP contribution in [0.25, 0.3) is 0 Å². The van der Waals surface area contributed by atoms with Gasteiger partial charge in [-0.3, -0.25) is 19.3 Å². The van der Waals surface area contributed by atoms with Crippen LogP contribution in [0, 0.1) is 5.92 Å². The van der Waals surface area contributed by atoms with Gasteiger partial charge in [-0.2, -0.15) is 5.10 Å². The molecule has 0 bridgehead atoms. The molecule has 0 N–H and O–H groups in total. The standard InChI is InChI=1S/C17H21N5O2/c1-20(9-13-8-19-21(2)10-13)17(24)14-7-16(23)22(11-14)12-15-5-3-4-6-18-15/h3-6,8,10,14H,7,9,11-12H2,1-2H3. The maximum atomic E-state index is 12.6. The molecule has 7 nitrogen and oxygen atoms in total. The summed E-state index contributed by atoms with van der Waals surface area (Å²) in [7, 11) is 3.61. The Balaban J connectivity index is 1.59. The number of likely N-dealkylation sites (tertiary alicyclic amines) is 1. The normalized spacial score (nSPS) is 17.3. The molecule has 2 aromatic rings. The van der Waals surface area contributed by atoms with Gasteiger partial charge in [-0.1, -0.05) is 6.07 Å². The van der Waals surface area contributed by atoms with Crippen molar-refractivity contribution in [3.8, 4) is 0 Å². The zero-order valence-corrected chi connectivity index (χ0v) is 13.9. The van der Waals surface area contributed by atoms with Crippen molar-refractivity contribution in [1.82, 2.24) is 24.6 Å². The van der Waals surface area contributed by atoms with Gasteiger partial charge in [0.05, 0.1) is 24.4 Å². The van der Waals surface area contributed by atoms with Crippen LogP contribution in [0.1, 0.15) is 17.7 Å². The Labute approximate surface area is 140 Å². The van der Waals surface area contributed by atoms with Gasteiger partial charge in [-0.05, 0) is 12.1 Å². The van der Waals surface area contributed by atoms with Gasteiger partial charge in [0, 0.05) is 51.6 Å². The van der Waals surface area contributed by atoms with Gasteiger partial charge in [0.2, 0.25) is 11.8 Å². The Hall–Kier alpha value is -2.70. The van der Waals surface area contributed by atoms with Gasteiger partial charge in [-0.25, -0.2) is 0 Å². The molecule has 126 valence electrons. The lowest BCUT2D eigenvalue weighted by Crippen LogP contribution is -2.34. The first kappa shape index (κ1) is 16.2. The molecular weight excluding hydrogens is 306 g/mol. The summed E-state index contributed by atoms with van der Waals surface area (Å²) in [6.07, 6.45) is 5.61. The van der Waals surface area contributed by atoms with Crippen molar-refractivity contribution in [2.45, 2.75) is 19.5 Å². The van der Waals surface area contributed by atoms with Crippen molar-refractivity contribution in [2.75, 3.05) is 13.6 Å². The summed E-state index contributed by atoms with van der Waals surface area (Å²) in [4.78, 5) is 32.4. The van der Waals surface area contributed by atoms with E-state index in [4.69, 9.17) is 0 Å². The summed E-state index contributed by atoms with van der Waals surface area (Å²) in [6.45, 7) is 1.40. The Morgan fingerprint density at radius 3 is 2.92 bits per heavy atom. The molecule has 3 heterocycles. The van der Waals surface area contributed by atoms with Gasteiger partial charge < -0.3 is 9.80 Å². The SMILES string of the molecule is CN(Cc1cnn(C)c1)C(=O)C1CC(=O)N(Cc2ccccn2)C1. The van der Waals surface area contributed by atoms with Gasteiger partial charge in [0.25, 0.3) is 0 Å². The molecule has 3 rings (SSSR count). The highest BCUT2D eigenvalue weighted by Gasteiger charge is 2.35. The summed E-state index contributed by atoms with van der Waals surface area (Å²) < 4.78 is 1.71. The first-order valence-electron chi connectivity index (χ1n) is 7.93. The Morgan fingerprint density at radius 1 is 1.42 bits per heavy atom. The lowest BCUT2D eigenvalue weighted by atomic mass is 10.1. The molecule has 1 fully saturated rings. The molecule has 2 aromatic heterocycles. The van der Waals surface area contributed by atoms with Crippen LogP contribution in [-0.2, 0) is 29.7 Å². The first-order valence-corrected chi connectivity index (χ1v) is 7.93. The molecule has 7 heteroatoms. The van der Waals surface area contributed by atoms with Crippen LogP contribution in [0.2, 0.25) is 0 Å². The molecule has 0 radical (unpaired) electrons. The van der Waals surface area contributed by atoms with E-state index in [2.05, 4.69) is 10.1 Å². The van der Waals surface area contributed by atoms with Gasteiger partial charge in [0.1, 0.15) is 0 Å². The van der Waals surface area contributed by atoms with E-state index in [1.165, 1.54) is 0 Å². The Morgan fingerprint density at radius 2 is 2.25 bits per heavy atom. The Kier molecular flexibility index (Phi) is 4.59. The molecule has 0 aliphatic carbocycles. The average molecular weight is 327 g/mol. The molecule has 1 saturated heterocycles. The average Bonchev–Trinajstić information content (AvgIpc) is 3.14. The number of carbonyl (C=O) groups is 2. The van der Waals surface area contributed by atoms with Gasteiger partial charge in [-0.15, -0.1) is 0 Å². The summed E-state index contributed by atoms with van der Waals surface area (Å²) in [5, 5.41) is 4.11. The highest BCUT2D eigenvalue weighted by Crippen LogP contribution is 2.22. The second-order valence-corrected chi connectivity index (χ2v) is 6.21. The number of hydrogen-bond acceptors (Lipinski definition) is 4. The largest absolute Gasteiger partial charge is 0.341 e. The van der Waals surface area contributed by atoms with Crippen LogP contribution in [0.15, 0.2) is 36.8 Å². The third-order valence-electron chi connectivity index (χ3n) is 4.20. The minimum atomic E-state index is -0.289. The van der Waals surface area contributed by atoms with E-state index < -0.39 is 0 Å². The smallest absolute Gasteiger partial charge is 0.228 e. The van der Waals surface area contributed by atoms with E-state index >= 15 is 0 Å². The molecule has 1 aliphatic heterocycles. The lowest BCUT2D eigenvalue weighted by molar-refractivity contribution is -0.135. The van der Waals surface area contributed by atoms with Crippen molar-refractivity contribution in [3.05, 3.63) is 48.0 Å². The van der Waals surface area contributed by atoms with Crippen molar-refractivity contribution in [2.24, 2.45) is 13.0 Å². The van der Waals surface area contributed by atoms with Crippen LogP contribution in [0.4, 0.5) is 0 Å². The first-order chi connectivity index (χ1) is 11.5. The fourth-order valence-corrected chi connectivity index (χ4v) is 2.99. The molecule has 24 heavy (non-hydrogen) atoms. The second kappa shape index (κ2) is 6.82. The number of pyridine rings is 1. The number of carbonyl (C=O) groups excluding carboxylic acids is 2. The number of aryl methyl sites for hydroxylation is 1. The molecule has 1 atom stereocenters. The quantitative estimate of drug-likeness (QED) is 0.815. The van der Waals surface area contributed by atoms with Crippen LogP contribution >= 0.6 is 0 Å². The third-order valence-corrected chi connectivity index (χ3v) is 4.20. The predicted octanol–water partition coefficient (Wildman–Crippen LogP) is 0.822. The molecule has 0 aromatic carbocycles. The lowest BCUT2D eigenvalue weighted by Gasteiger charge is -2.21. The van der Waals surface area contributed by atoms with Crippen LogP contribution < -0.4 is 0 Å². The molecular formula is C17H21N5O2. The minimum Gasteiger partial charge on any atom is -0.341 e. The summed E-state index contributed by atoms with van der Waals surface area (Å²) in [6, 6.07) is 5.62. The van der Waals surface area contributed by atoms with Crippen molar-refractivity contribution < 1.29 is 9.59 Å². The van der Waals surface area contributed by atoms with E-state index in [1.54, 1.807) is 33.9 Å². The zero-order valence-electron chi connectivity index (χ0n) is 13.9. The van der Waals surface area contributed by atoms with Crippen LogP contribution in [0.3, 0.4) is 0 Å². The predicted molar refractivity (Wildman–Crippen MR) is 87.4 cm³/mol. The molecule has 0 saturated carbocycles. The number of aromatic nitrogens is 3. The van der Waals surface area contributed by atoms with Crippen LogP contribution in [0.5, 0.6) is 0 Å². The fourth-order valence-electron chi connectivity index (χ4n) is 2.99. The second-order valence-electron chi connectivity index (χ2n) is 6.21. The highest BCUT2D eigenvalue weighted by atomic mass is 16.2. The van der Waals surface area contributed by atoms with E-state index in [-0.39, 0.29) is 24.2 Å². The van der Waals surface area contributed by atoms with E-state index in [9.17, 15) is 9.59 Å². The van der Waals surface area contributed by atoms with E-state index in [0.29, 0.717) is 19.6 Å². The topological polar surface area (TPSA) is 71.3 Å². The molecule has 1 aliphatic rings. The summed E-state index contributed by atoms with van der Waals surface area (Å²) in [5.41, 5.74) is 1.81. The van der Waals surface area contributed by atoms with E-state index in [1.807, 2.05) is 31.4 Å². The molecule has 1 unspecified atom stereocenters. The van der Waals surface area contributed by atoms with E-state index in [0.717, 1.165) is 11.3 Å². The fraction of sp³-hybridized carbons (Fsp3) is 0.412. The summed E-state index contributed by atoms with van der Waals surface area (Å²) in [5.74, 6) is -0.285.